The molecule has 8 nitrogen and oxygen atoms in total. The highest BCUT2D eigenvalue weighted by molar-refractivity contribution is 5.98. The number of hydrogen-bond donors (Lipinski definition) is 3. The van der Waals surface area contributed by atoms with Crippen molar-refractivity contribution in [1.29, 1.82) is 0 Å². The molecule has 0 unspecified atom stereocenters. The Morgan fingerprint density at radius 1 is 1.53 bits per heavy atom. The molecule has 0 atom stereocenters. The van der Waals surface area contributed by atoms with Gasteiger partial charge >= 0.3 is 0 Å². The fourth-order valence-electron chi connectivity index (χ4n) is 1.63. The number of anilines is 2. The smallest absolute Gasteiger partial charge is 0.250 e. The van der Waals surface area contributed by atoms with E-state index in [1.54, 1.807) is 6.33 Å². The number of rotatable bonds is 5. The molecule has 0 saturated heterocycles. The van der Waals surface area contributed by atoms with Gasteiger partial charge in [-0.2, -0.15) is 0 Å². The minimum Gasteiger partial charge on any atom is -0.397 e. The summed E-state index contributed by atoms with van der Waals surface area (Å²) >= 11 is 0. The van der Waals surface area contributed by atoms with Gasteiger partial charge in [0.05, 0.1) is 24.0 Å². The number of carbonyl (C=O) groups is 1. The number of carbonyl (C=O) groups excluding carboxylic acids is 1. The van der Waals surface area contributed by atoms with E-state index in [0.717, 1.165) is 12.4 Å². The normalized spacial score (nSPS) is 10.4. The van der Waals surface area contributed by atoms with Gasteiger partial charge in [-0.1, -0.05) is 0 Å². The maximum absolute atomic E-state index is 11.2. The Bertz CT molecular complexity index is 592. The van der Waals surface area contributed by atoms with Crippen molar-refractivity contribution in [2.75, 3.05) is 11.1 Å². The first-order valence-corrected chi connectivity index (χ1v) is 5.77. The van der Waals surface area contributed by atoms with Crippen LogP contribution in [0.5, 0.6) is 0 Å². The van der Waals surface area contributed by atoms with Gasteiger partial charge in [-0.15, -0.1) is 10.2 Å². The van der Waals surface area contributed by atoms with Crippen molar-refractivity contribution >= 4 is 17.4 Å². The van der Waals surface area contributed by atoms with Gasteiger partial charge in [-0.3, -0.25) is 4.79 Å². The van der Waals surface area contributed by atoms with Crippen molar-refractivity contribution in [3.8, 4) is 0 Å². The van der Waals surface area contributed by atoms with Crippen molar-refractivity contribution in [1.82, 2.24) is 19.7 Å². The van der Waals surface area contributed by atoms with Gasteiger partial charge in [0.15, 0.2) is 5.82 Å². The van der Waals surface area contributed by atoms with E-state index >= 15 is 0 Å². The Kier molecular flexibility index (Phi) is 3.60. The van der Waals surface area contributed by atoms with Gasteiger partial charge in [0, 0.05) is 6.54 Å². The largest absolute Gasteiger partial charge is 0.397 e. The van der Waals surface area contributed by atoms with Gasteiger partial charge in [0.1, 0.15) is 12.1 Å². The summed E-state index contributed by atoms with van der Waals surface area (Å²) in [6, 6.07) is 1.52. The Morgan fingerprint density at radius 2 is 2.32 bits per heavy atom. The molecule has 0 aliphatic carbocycles. The van der Waals surface area contributed by atoms with E-state index in [1.807, 2.05) is 11.5 Å². The highest BCUT2D eigenvalue weighted by atomic mass is 16.1. The van der Waals surface area contributed by atoms with Gasteiger partial charge in [-0.25, -0.2) is 4.98 Å². The number of hydrogen-bond acceptors (Lipinski definition) is 6. The lowest BCUT2D eigenvalue weighted by Gasteiger charge is -2.08. The van der Waals surface area contributed by atoms with Crippen molar-refractivity contribution < 1.29 is 4.79 Å². The number of primary amides is 1. The average molecular weight is 261 g/mol. The molecule has 2 aromatic rings. The molecule has 2 rings (SSSR count). The topological polar surface area (TPSA) is 125 Å². The first-order valence-electron chi connectivity index (χ1n) is 5.77. The van der Waals surface area contributed by atoms with E-state index in [4.69, 9.17) is 11.5 Å². The fourth-order valence-corrected chi connectivity index (χ4v) is 1.63. The molecule has 0 aliphatic rings. The summed E-state index contributed by atoms with van der Waals surface area (Å²) in [7, 11) is 0. The summed E-state index contributed by atoms with van der Waals surface area (Å²) in [5, 5.41) is 10.9. The van der Waals surface area contributed by atoms with Crippen LogP contribution in [0, 0.1) is 0 Å². The number of nitrogens with zero attached hydrogens (tertiary/aromatic N) is 4. The minimum atomic E-state index is -0.584. The third kappa shape index (κ3) is 2.79. The monoisotopic (exact) mass is 261 g/mol. The molecule has 0 aromatic carbocycles. The van der Waals surface area contributed by atoms with Crippen molar-refractivity contribution in [3.63, 3.8) is 0 Å². The maximum Gasteiger partial charge on any atom is 0.250 e. The molecule has 8 heteroatoms. The second-order valence-corrected chi connectivity index (χ2v) is 3.91. The van der Waals surface area contributed by atoms with E-state index in [9.17, 15) is 4.79 Å². The molecule has 5 N–H and O–H groups in total. The zero-order valence-electron chi connectivity index (χ0n) is 10.5. The van der Waals surface area contributed by atoms with Gasteiger partial charge in [0.2, 0.25) is 0 Å². The van der Waals surface area contributed by atoms with Crippen molar-refractivity contribution in [2.45, 2.75) is 20.0 Å². The van der Waals surface area contributed by atoms with Crippen molar-refractivity contribution in [3.05, 3.63) is 30.0 Å². The molecule has 0 saturated carbocycles. The third-order valence-corrected chi connectivity index (χ3v) is 2.66. The zero-order chi connectivity index (χ0) is 13.8. The predicted molar refractivity (Wildman–Crippen MR) is 70.2 cm³/mol. The van der Waals surface area contributed by atoms with Crippen LogP contribution in [0.3, 0.4) is 0 Å². The number of nitrogens with one attached hydrogen (secondary N) is 1. The zero-order valence-corrected chi connectivity index (χ0v) is 10.5. The quantitative estimate of drug-likeness (QED) is 0.695. The fraction of sp³-hybridized carbons (Fsp3) is 0.273. The summed E-state index contributed by atoms with van der Waals surface area (Å²) in [4.78, 5) is 15.2. The number of amides is 1. The predicted octanol–water partition coefficient (Wildman–Crippen LogP) is -0.0138. The van der Waals surface area contributed by atoms with Gasteiger partial charge in [0.25, 0.3) is 5.91 Å². The minimum absolute atomic E-state index is 0.245. The SMILES string of the molecule is CCn1cnnc1CNc1cc(C(N)=O)c(N)cn1. The summed E-state index contributed by atoms with van der Waals surface area (Å²) < 4.78 is 1.90. The van der Waals surface area contributed by atoms with E-state index in [1.165, 1.54) is 12.3 Å². The van der Waals surface area contributed by atoms with Crippen LogP contribution in [0.2, 0.25) is 0 Å². The summed E-state index contributed by atoms with van der Waals surface area (Å²) in [6.45, 7) is 3.23. The lowest BCUT2D eigenvalue weighted by atomic mass is 10.2. The van der Waals surface area contributed by atoms with E-state index in [-0.39, 0.29) is 11.3 Å². The van der Waals surface area contributed by atoms with Crippen LogP contribution in [-0.2, 0) is 13.1 Å². The Hall–Kier alpha value is -2.64. The van der Waals surface area contributed by atoms with Crippen LogP contribution in [0.15, 0.2) is 18.6 Å². The number of nitrogens with two attached hydrogens (primary N) is 2. The number of aryl methyl sites for hydroxylation is 1. The molecule has 0 spiro atoms. The van der Waals surface area contributed by atoms with Gasteiger partial charge < -0.3 is 21.4 Å². The van der Waals surface area contributed by atoms with E-state index < -0.39 is 5.91 Å². The second-order valence-electron chi connectivity index (χ2n) is 3.91. The highest BCUT2D eigenvalue weighted by Gasteiger charge is 2.08. The number of nitrogen functional groups attached to an aromatic ring is 1. The van der Waals surface area contributed by atoms with Gasteiger partial charge in [-0.05, 0) is 13.0 Å². The standard InChI is InChI=1S/C11H15N7O/c1-2-18-6-16-17-10(18)5-15-9-3-7(11(13)19)8(12)4-14-9/h3-4,6H,2,5,12H2,1H3,(H2,13,19)(H,14,15). The number of aromatic nitrogens is 4. The molecule has 1 amide bonds. The lowest BCUT2D eigenvalue weighted by molar-refractivity contribution is 0.100. The first-order chi connectivity index (χ1) is 9.11. The maximum atomic E-state index is 11.2. The van der Waals surface area contributed by atoms with Crippen LogP contribution in [0.1, 0.15) is 23.1 Å². The Labute approximate surface area is 109 Å². The molecular weight excluding hydrogens is 246 g/mol. The molecule has 2 heterocycles. The third-order valence-electron chi connectivity index (χ3n) is 2.66. The molecule has 0 bridgehead atoms. The van der Waals surface area contributed by atoms with Crippen LogP contribution in [-0.4, -0.2) is 25.7 Å². The summed E-state index contributed by atoms with van der Waals surface area (Å²) in [6.07, 6.45) is 3.05. The summed E-state index contributed by atoms with van der Waals surface area (Å²) in [5.41, 5.74) is 11.3. The summed E-state index contributed by atoms with van der Waals surface area (Å²) in [5.74, 6) is 0.704. The van der Waals surface area contributed by atoms with E-state index in [0.29, 0.717) is 12.4 Å². The van der Waals surface area contributed by atoms with Crippen molar-refractivity contribution in [2.24, 2.45) is 5.73 Å². The number of pyridine rings is 1. The molecule has 0 radical (unpaired) electrons. The van der Waals surface area contributed by atoms with Crippen LogP contribution >= 0.6 is 0 Å². The Balaban J connectivity index is 2.12. The highest BCUT2D eigenvalue weighted by Crippen LogP contribution is 2.14. The average Bonchev–Trinajstić information content (AvgIpc) is 2.84. The Morgan fingerprint density at radius 3 is 3.00 bits per heavy atom. The molecule has 19 heavy (non-hydrogen) atoms. The molecule has 100 valence electrons. The second kappa shape index (κ2) is 5.34. The molecule has 0 fully saturated rings. The van der Waals surface area contributed by atoms with E-state index in [2.05, 4.69) is 20.5 Å². The first kappa shape index (κ1) is 12.8. The van der Waals surface area contributed by atoms with Crippen LogP contribution in [0.4, 0.5) is 11.5 Å². The van der Waals surface area contributed by atoms with Crippen LogP contribution < -0.4 is 16.8 Å². The molecule has 2 aromatic heterocycles. The van der Waals surface area contributed by atoms with Crippen LogP contribution in [0.25, 0.3) is 0 Å². The molecular formula is C11H15N7O. The molecule has 0 aliphatic heterocycles. The lowest BCUT2D eigenvalue weighted by Crippen LogP contribution is -2.15.